The number of ether oxygens (including phenoxy) is 1. The van der Waals surface area contributed by atoms with Crippen LogP contribution in [0.4, 0.5) is 5.69 Å². The largest absolute Gasteiger partial charge is 0.497 e. The molecule has 0 aliphatic rings. The van der Waals surface area contributed by atoms with Crippen molar-refractivity contribution in [3.8, 4) is 5.75 Å². The van der Waals surface area contributed by atoms with Crippen molar-refractivity contribution < 1.29 is 9.53 Å². The maximum Gasteiger partial charge on any atom is 0.248 e. The van der Waals surface area contributed by atoms with Crippen LogP contribution in [0.3, 0.4) is 0 Å². The minimum Gasteiger partial charge on any atom is -0.497 e. The third-order valence-corrected chi connectivity index (χ3v) is 4.50. The Kier molecular flexibility index (Phi) is 5.93. The molecule has 7 heteroatoms. The summed E-state index contributed by atoms with van der Waals surface area (Å²) in [4.78, 5) is 12.3. The summed E-state index contributed by atoms with van der Waals surface area (Å²) < 4.78 is 8.97. The van der Waals surface area contributed by atoms with Crippen LogP contribution in [0.25, 0.3) is 6.08 Å². The molecule has 0 aliphatic carbocycles. The molecule has 2 aromatic heterocycles. The quantitative estimate of drug-likeness (QED) is 0.638. The summed E-state index contributed by atoms with van der Waals surface area (Å²) in [5.41, 5.74) is 4.39. The predicted octanol–water partition coefficient (Wildman–Crippen LogP) is 3.43. The Morgan fingerprint density at radius 2 is 2.14 bits per heavy atom. The standard InChI is InChI=1S/C21H25N5O2/c1-5-25-13-18(12-22-25)9-10-20(27)23-21-15(2)24-26(16(21)3)14-17-7-6-8-19(11-17)28-4/h6-13H,5,14H2,1-4H3,(H,23,27)/b10-9+. The number of nitrogens with zero attached hydrogens (tertiary/aromatic N) is 4. The number of rotatable bonds is 7. The van der Waals surface area contributed by atoms with Gasteiger partial charge >= 0.3 is 0 Å². The second-order valence-electron chi connectivity index (χ2n) is 6.51. The second-order valence-corrected chi connectivity index (χ2v) is 6.51. The van der Waals surface area contributed by atoms with Crippen LogP contribution in [0.2, 0.25) is 0 Å². The molecule has 2 heterocycles. The molecule has 0 bridgehead atoms. The summed E-state index contributed by atoms with van der Waals surface area (Å²) in [6, 6.07) is 7.87. The molecule has 7 nitrogen and oxygen atoms in total. The molecule has 0 radical (unpaired) electrons. The van der Waals surface area contributed by atoms with Crippen LogP contribution in [-0.2, 0) is 17.9 Å². The number of carbonyl (C=O) groups excluding carboxylic acids is 1. The number of aryl methyl sites for hydroxylation is 2. The number of hydrogen-bond acceptors (Lipinski definition) is 4. The van der Waals surface area contributed by atoms with Gasteiger partial charge in [-0.15, -0.1) is 0 Å². The first-order valence-electron chi connectivity index (χ1n) is 9.18. The van der Waals surface area contributed by atoms with Crippen molar-refractivity contribution in [1.29, 1.82) is 0 Å². The molecule has 1 N–H and O–H groups in total. The third-order valence-electron chi connectivity index (χ3n) is 4.50. The van der Waals surface area contributed by atoms with Crippen LogP contribution in [0.1, 0.15) is 29.4 Å². The highest BCUT2D eigenvalue weighted by molar-refractivity contribution is 6.02. The molecule has 146 valence electrons. The van der Waals surface area contributed by atoms with Crippen LogP contribution in [-0.4, -0.2) is 32.6 Å². The molecule has 1 aromatic carbocycles. The Balaban J connectivity index is 1.71. The molecule has 0 saturated carbocycles. The van der Waals surface area contributed by atoms with Crippen molar-refractivity contribution in [2.45, 2.75) is 33.9 Å². The molecule has 3 aromatic rings. The third kappa shape index (κ3) is 4.49. The van der Waals surface area contributed by atoms with Crippen LogP contribution >= 0.6 is 0 Å². The van der Waals surface area contributed by atoms with Crippen molar-refractivity contribution >= 4 is 17.7 Å². The average Bonchev–Trinajstić information content (AvgIpc) is 3.26. The maximum atomic E-state index is 12.3. The van der Waals surface area contributed by atoms with E-state index >= 15 is 0 Å². The average molecular weight is 379 g/mol. The first-order chi connectivity index (χ1) is 13.5. The van der Waals surface area contributed by atoms with E-state index in [0.717, 1.165) is 40.5 Å². The first kappa shape index (κ1) is 19.4. The van der Waals surface area contributed by atoms with Gasteiger partial charge in [-0.25, -0.2) is 0 Å². The van der Waals surface area contributed by atoms with Gasteiger partial charge in [-0.2, -0.15) is 10.2 Å². The number of anilines is 1. The zero-order valence-electron chi connectivity index (χ0n) is 16.6. The Labute approximate surface area is 164 Å². The van der Waals surface area contributed by atoms with Crippen LogP contribution in [0, 0.1) is 13.8 Å². The zero-order chi connectivity index (χ0) is 20.1. The lowest BCUT2D eigenvalue weighted by Gasteiger charge is -2.07. The monoisotopic (exact) mass is 379 g/mol. The molecule has 0 atom stereocenters. The fourth-order valence-corrected chi connectivity index (χ4v) is 2.95. The molecular formula is C21H25N5O2. The Morgan fingerprint density at radius 3 is 2.86 bits per heavy atom. The van der Waals surface area contributed by atoms with Crippen LogP contribution in [0.5, 0.6) is 5.75 Å². The molecule has 0 fully saturated rings. The van der Waals surface area contributed by atoms with E-state index in [1.54, 1.807) is 19.4 Å². The van der Waals surface area contributed by atoms with Crippen molar-refractivity contribution in [3.63, 3.8) is 0 Å². The van der Waals surface area contributed by atoms with Gasteiger partial charge in [0.15, 0.2) is 0 Å². The molecule has 3 rings (SSSR count). The van der Waals surface area contributed by atoms with Gasteiger partial charge in [0.25, 0.3) is 0 Å². The summed E-state index contributed by atoms with van der Waals surface area (Å²) in [5.74, 6) is 0.612. The summed E-state index contributed by atoms with van der Waals surface area (Å²) >= 11 is 0. The lowest BCUT2D eigenvalue weighted by Crippen LogP contribution is -2.10. The van der Waals surface area contributed by atoms with Gasteiger partial charge in [-0.1, -0.05) is 12.1 Å². The van der Waals surface area contributed by atoms with E-state index in [-0.39, 0.29) is 5.91 Å². The molecular weight excluding hydrogens is 354 g/mol. The van der Waals surface area contributed by atoms with Gasteiger partial charge in [0.2, 0.25) is 5.91 Å². The Morgan fingerprint density at radius 1 is 1.32 bits per heavy atom. The van der Waals surface area contributed by atoms with E-state index < -0.39 is 0 Å². The number of amides is 1. The number of aromatic nitrogens is 4. The fourth-order valence-electron chi connectivity index (χ4n) is 2.95. The smallest absolute Gasteiger partial charge is 0.248 e. The van der Waals surface area contributed by atoms with E-state index in [1.165, 1.54) is 6.08 Å². The van der Waals surface area contributed by atoms with Crippen molar-refractivity contribution in [3.05, 3.63) is 65.2 Å². The van der Waals surface area contributed by atoms with E-state index in [1.807, 2.05) is 60.6 Å². The molecule has 0 saturated heterocycles. The van der Waals surface area contributed by atoms with E-state index in [2.05, 4.69) is 15.5 Å². The topological polar surface area (TPSA) is 74.0 Å². The van der Waals surface area contributed by atoms with Gasteiger partial charge in [0.05, 0.1) is 36.9 Å². The number of nitrogens with one attached hydrogen (secondary N) is 1. The number of carbonyl (C=O) groups is 1. The van der Waals surface area contributed by atoms with Gasteiger partial charge in [-0.05, 0) is 44.5 Å². The Hall–Kier alpha value is -3.35. The van der Waals surface area contributed by atoms with E-state index in [4.69, 9.17) is 4.74 Å². The normalized spacial score (nSPS) is 11.1. The summed E-state index contributed by atoms with van der Waals surface area (Å²) in [6.45, 7) is 7.25. The molecule has 0 spiro atoms. The number of methoxy groups -OCH3 is 1. The zero-order valence-corrected chi connectivity index (χ0v) is 16.6. The fraction of sp³-hybridized carbons (Fsp3) is 0.286. The van der Waals surface area contributed by atoms with Gasteiger partial charge in [0.1, 0.15) is 5.75 Å². The first-order valence-corrected chi connectivity index (χ1v) is 9.18. The molecule has 28 heavy (non-hydrogen) atoms. The Bertz CT molecular complexity index is 1000. The van der Waals surface area contributed by atoms with Crippen molar-refractivity contribution in [2.24, 2.45) is 0 Å². The van der Waals surface area contributed by atoms with Gasteiger partial charge < -0.3 is 10.1 Å². The maximum absolute atomic E-state index is 12.3. The second kappa shape index (κ2) is 8.56. The van der Waals surface area contributed by atoms with Crippen LogP contribution < -0.4 is 10.1 Å². The molecule has 0 unspecified atom stereocenters. The lowest BCUT2D eigenvalue weighted by molar-refractivity contribution is -0.111. The highest BCUT2D eigenvalue weighted by Crippen LogP contribution is 2.21. The molecule has 1 amide bonds. The summed E-state index contributed by atoms with van der Waals surface area (Å²) in [5, 5.41) is 11.7. The van der Waals surface area contributed by atoms with Crippen molar-refractivity contribution in [1.82, 2.24) is 19.6 Å². The number of hydrogen-bond donors (Lipinski definition) is 1. The minimum atomic E-state index is -0.198. The van der Waals surface area contributed by atoms with E-state index in [0.29, 0.717) is 6.54 Å². The summed E-state index contributed by atoms with van der Waals surface area (Å²) in [6.07, 6.45) is 6.89. The van der Waals surface area contributed by atoms with Gasteiger partial charge in [-0.3, -0.25) is 14.2 Å². The van der Waals surface area contributed by atoms with Crippen molar-refractivity contribution in [2.75, 3.05) is 12.4 Å². The van der Waals surface area contributed by atoms with E-state index in [9.17, 15) is 4.79 Å². The minimum absolute atomic E-state index is 0.198. The van der Waals surface area contributed by atoms with Gasteiger partial charge in [0, 0.05) is 24.4 Å². The lowest BCUT2D eigenvalue weighted by atomic mass is 10.2. The highest BCUT2D eigenvalue weighted by Gasteiger charge is 2.13. The SMILES string of the molecule is CCn1cc(/C=C/C(=O)Nc2c(C)nn(Cc3cccc(OC)c3)c2C)cn1. The highest BCUT2D eigenvalue weighted by atomic mass is 16.5. The number of benzene rings is 1. The summed E-state index contributed by atoms with van der Waals surface area (Å²) in [7, 11) is 1.65. The predicted molar refractivity (Wildman–Crippen MR) is 109 cm³/mol. The molecule has 0 aliphatic heterocycles. The van der Waals surface area contributed by atoms with Crippen LogP contribution in [0.15, 0.2) is 42.7 Å².